The van der Waals surface area contributed by atoms with Gasteiger partial charge in [-0.1, -0.05) is 25.7 Å². The number of aliphatic hydroxyl groups excluding tert-OH is 2. The summed E-state index contributed by atoms with van der Waals surface area (Å²) >= 11 is -0.967. The first-order valence-corrected chi connectivity index (χ1v) is 30.3. The van der Waals surface area contributed by atoms with Crippen molar-refractivity contribution in [2.45, 2.75) is 252 Å². The summed E-state index contributed by atoms with van der Waals surface area (Å²) in [7, 11) is 0. The molecule has 0 bridgehead atoms. The molecule has 2 aliphatic heterocycles. The number of aliphatic hydroxyl groups is 2. The van der Waals surface area contributed by atoms with Crippen molar-refractivity contribution in [1.29, 1.82) is 0 Å². The van der Waals surface area contributed by atoms with E-state index in [4.69, 9.17) is 29.4 Å². The fourth-order valence-electron chi connectivity index (χ4n) is 9.30. The second-order valence-corrected chi connectivity index (χ2v) is 29.5. The number of esters is 2. The molecule has 11 heteroatoms. The third kappa shape index (κ3) is 22.2. The van der Waals surface area contributed by atoms with Gasteiger partial charge in [-0.25, -0.2) is 0 Å². The molecule has 2 aliphatic rings. The molecular formula is C46H92N2O8Sn. The molecule has 0 radical (unpaired) electrons. The summed E-state index contributed by atoms with van der Waals surface area (Å²) in [5.41, 5.74) is -1.13. The predicted octanol–water partition coefficient (Wildman–Crippen LogP) is 10.5. The Kier molecular flexibility index (Phi) is 27.7. The molecule has 2 heterocycles. The van der Waals surface area contributed by atoms with Crippen LogP contribution >= 0.6 is 0 Å². The number of hydrogen-bond donors (Lipinski definition) is 2. The van der Waals surface area contributed by atoms with E-state index in [-0.39, 0.29) is 59.5 Å². The van der Waals surface area contributed by atoms with E-state index in [0.29, 0.717) is 64.6 Å². The van der Waals surface area contributed by atoms with Crippen LogP contribution in [0.5, 0.6) is 0 Å². The Labute approximate surface area is 357 Å². The molecule has 2 N–H and O–H groups in total. The minimum absolute atomic E-state index is 0.103. The molecule has 2 saturated heterocycles. The van der Waals surface area contributed by atoms with Crippen molar-refractivity contribution in [2.75, 3.05) is 26.4 Å². The van der Waals surface area contributed by atoms with Gasteiger partial charge < -0.3 is 19.7 Å². The van der Waals surface area contributed by atoms with Gasteiger partial charge in [-0.3, -0.25) is 19.3 Å². The number of carbonyl (C=O) groups is 2. The van der Waals surface area contributed by atoms with Gasteiger partial charge in [-0.05, 0) is 81.1 Å². The van der Waals surface area contributed by atoms with Gasteiger partial charge in [0, 0.05) is 73.9 Å². The number of hydrogen-bond acceptors (Lipinski definition) is 10. The Morgan fingerprint density at radius 2 is 0.807 bits per heavy atom. The average molecular weight is 920 g/mol. The number of ether oxygens (including phenoxy) is 2. The predicted molar refractivity (Wildman–Crippen MR) is 237 cm³/mol. The van der Waals surface area contributed by atoms with E-state index in [1.54, 1.807) is 13.3 Å². The van der Waals surface area contributed by atoms with Gasteiger partial charge in [0.1, 0.15) is 12.2 Å². The second kappa shape index (κ2) is 28.9. The van der Waals surface area contributed by atoms with Crippen molar-refractivity contribution in [3.8, 4) is 0 Å². The van der Waals surface area contributed by atoms with Gasteiger partial charge in [0.2, 0.25) is 0 Å². The van der Waals surface area contributed by atoms with E-state index in [0.717, 1.165) is 38.5 Å². The molecule has 338 valence electrons. The van der Waals surface area contributed by atoms with E-state index < -0.39 is 19.8 Å². The number of hydroxylamine groups is 4. The van der Waals surface area contributed by atoms with Gasteiger partial charge in [0.25, 0.3) is 0 Å². The van der Waals surface area contributed by atoms with Crippen molar-refractivity contribution < 1.29 is 39.0 Å². The summed E-state index contributed by atoms with van der Waals surface area (Å²) in [5, 5.41) is 22.2. The van der Waals surface area contributed by atoms with Crippen LogP contribution in [-0.2, 0) is 28.7 Å². The van der Waals surface area contributed by atoms with E-state index in [1.807, 2.05) is 10.1 Å². The Hall–Kier alpha value is -0.501. The maximum absolute atomic E-state index is 12.6. The average Bonchev–Trinajstić information content (AvgIpc) is 3.10. The Balaban J connectivity index is 0.00000106. The molecule has 0 unspecified atom stereocenters. The van der Waals surface area contributed by atoms with Crippen LogP contribution in [0.1, 0.15) is 205 Å². The molecule has 2 fully saturated rings. The maximum atomic E-state index is 12.6. The topological polar surface area (TPSA) is 118 Å². The summed E-state index contributed by atoms with van der Waals surface area (Å²) in [6, 6.07) is 0. The molecule has 0 aromatic carbocycles. The van der Waals surface area contributed by atoms with Crippen molar-refractivity contribution in [1.82, 2.24) is 10.1 Å². The van der Waals surface area contributed by atoms with E-state index in [2.05, 4.69) is 76.2 Å². The summed E-state index contributed by atoms with van der Waals surface area (Å²) in [5.74, 6) is -0.263. The molecule has 0 aliphatic carbocycles. The molecule has 0 aromatic rings. The Morgan fingerprint density at radius 1 is 0.509 bits per heavy atom. The Bertz CT molecular complexity index is 946. The minimum atomic E-state index is -0.967. The standard InChI is InChI=1S/C34H64N2O8.3C4H9.Sn.H/c1-31(2)23-27(24-32(3,4)35(31)41-21-15-19-37)43-29(39)17-13-11-9-10-12-14-18-30(40)44-28-25-33(5,6)36(34(7,8)26-28)42-22-16-20-38;3*1-3-4-2;;/h27-28,37-38H,9-26H2,1-8H3;3*1,3-4H2,2H3;;. The van der Waals surface area contributed by atoms with Crippen molar-refractivity contribution >= 4 is 31.7 Å². The molecular weight excluding hydrogens is 827 g/mol. The molecule has 0 amide bonds. The van der Waals surface area contributed by atoms with Gasteiger partial charge in [-0.15, -0.1) is 0 Å². The molecule has 2 rings (SSSR count). The zero-order valence-corrected chi connectivity index (χ0v) is 42.4. The zero-order valence-electron chi connectivity index (χ0n) is 39.1. The SMILES string of the molecule is CC1(C)CC(OC(=O)CCCCCCCCC(=O)OC2CC(C)(C)N(OCCCO)C(C)(C)C2)CC(C)(C)N1OCCCO.CCC[CH2][SnH]([CH2]CCC)[CH2]CCC. The molecule has 10 nitrogen and oxygen atoms in total. The van der Waals surface area contributed by atoms with Crippen LogP contribution in [0.2, 0.25) is 13.3 Å². The molecule has 0 aromatic heterocycles. The first kappa shape index (κ1) is 54.5. The van der Waals surface area contributed by atoms with Gasteiger partial charge in [0.15, 0.2) is 0 Å². The molecule has 57 heavy (non-hydrogen) atoms. The molecule has 0 saturated carbocycles. The first-order valence-electron chi connectivity index (χ1n) is 23.4. The van der Waals surface area contributed by atoms with Crippen LogP contribution in [0.3, 0.4) is 0 Å². The summed E-state index contributed by atoms with van der Waals surface area (Å²) in [6.07, 6.45) is 19.1. The van der Waals surface area contributed by atoms with Crippen molar-refractivity contribution in [3.05, 3.63) is 0 Å². The third-order valence-electron chi connectivity index (χ3n) is 11.7. The third-order valence-corrected chi connectivity index (χ3v) is 22.1. The van der Waals surface area contributed by atoms with Crippen LogP contribution in [0.4, 0.5) is 0 Å². The second-order valence-electron chi connectivity index (χ2n) is 19.6. The van der Waals surface area contributed by atoms with Crippen LogP contribution in [0, 0.1) is 0 Å². The van der Waals surface area contributed by atoms with Crippen LogP contribution in [0.15, 0.2) is 0 Å². The first-order chi connectivity index (χ1) is 26.9. The molecule has 0 spiro atoms. The fraction of sp³-hybridized carbons (Fsp3) is 0.957. The molecule has 0 atom stereocenters. The Morgan fingerprint density at radius 3 is 1.09 bits per heavy atom. The summed E-state index contributed by atoms with van der Waals surface area (Å²) < 4.78 is 16.9. The van der Waals surface area contributed by atoms with Gasteiger partial charge >= 0.3 is 104 Å². The number of piperidine rings is 2. The van der Waals surface area contributed by atoms with Crippen molar-refractivity contribution in [2.24, 2.45) is 0 Å². The fourth-order valence-corrected chi connectivity index (χ4v) is 20.2. The normalized spacial score (nSPS) is 19.6. The van der Waals surface area contributed by atoms with Gasteiger partial charge in [0.05, 0.1) is 13.2 Å². The van der Waals surface area contributed by atoms with Crippen molar-refractivity contribution in [3.63, 3.8) is 0 Å². The summed E-state index contributed by atoms with van der Waals surface area (Å²) in [6.45, 7) is 25.0. The zero-order chi connectivity index (χ0) is 43.0. The monoisotopic (exact) mass is 921 g/mol. The summed E-state index contributed by atoms with van der Waals surface area (Å²) in [4.78, 5) is 37.2. The van der Waals surface area contributed by atoms with Gasteiger partial charge in [-0.2, -0.15) is 10.1 Å². The number of nitrogens with zero attached hydrogens (tertiary/aromatic N) is 2. The number of unbranched alkanes of at least 4 members (excludes halogenated alkanes) is 8. The van der Waals surface area contributed by atoms with E-state index in [1.165, 1.54) is 38.5 Å². The number of carbonyl (C=O) groups excluding carboxylic acids is 2. The number of rotatable bonds is 28. The van der Waals surface area contributed by atoms with Crippen LogP contribution < -0.4 is 0 Å². The van der Waals surface area contributed by atoms with Crippen LogP contribution in [0.25, 0.3) is 0 Å². The van der Waals surface area contributed by atoms with E-state index >= 15 is 0 Å². The quantitative estimate of drug-likeness (QED) is 0.0446. The van der Waals surface area contributed by atoms with Crippen LogP contribution in [-0.4, -0.2) is 113 Å². The van der Waals surface area contributed by atoms with E-state index in [9.17, 15) is 9.59 Å².